The highest BCUT2D eigenvalue weighted by molar-refractivity contribution is 7.97. The average Bonchev–Trinajstić information content (AvgIpc) is 2.49. The van der Waals surface area contributed by atoms with Crippen LogP contribution in [0.15, 0.2) is 5.03 Å². The number of aryl methyl sites for hydroxylation is 1. The van der Waals surface area contributed by atoms with Crippen LogP contribution in [0.2, 0.25) is 0 Å². The van der Waals surface area contributed by atoms with Crippen LogP contribution in [-0.2, 0) is 17.8 Å². The molecule has 0 amide bonds. The molecule has 0 aliphatic carbocycles. The molecule has 1 saturated heterocycles. The minimum atomic E-state index is 0. The number of halogens is 2. The molecule has 10 heteroatoms. The monoisotopic (exact) mass is 386 g/mol. The molecule has 0 atom stereocenters. The highest BCUT2D eigenvalue weighted by atomic mass is 35.5. The summed E-state index contributed by atoms with van der Waals surface area (Å²) in [5, 5.41) is 4.29. The van der Waals surface area contributed by atoms with Crippen LogP contribution in [0.5, 0.6) is 5.75 Å². The quantitative estimate of drug-likeness (QED) is 0.606. The minimum Gasteiger partial charge on any atom is -0.489 e. The maximum atomic E-state index is 5.80. The van der Waals surface area contributed by atoms with Gasteiger partial charge in [0.05, 0.1) is 12.3 Å². The van der Waals surface area contributed by atoms with E-state index in [9.17, 15) is 0 Å². The number of fused-ring (bicyclic) bond motifs is 1. The second-order valence-electron chi connectivity index (χ2n) is 4.88. The first-order valence-corrected chi connectivity index (χ1v) is 7.79. The van der Waals surface area contributed by atoms with Crippen molar-refractivity contribution >= 4 is 36.8 Å². The predicted molar refractivity (Wildman–Crippen MR) is 95.0 cm³/mol. The Morgan fingerprint density at radius 1 is 1.26 bits per heavy atom. The second-order valence-corrected chi connectivity index (χ2v) is 5.96. The lowest BCUT2D eigenvalue weighted by Crippen LogP contribution is -2.39. The average molecular weight is 387 g/mol. The molecule has 1 aromatic rings. The molecule has 0 unspecified atom stereocenters. The summed E-state index contributed by atoms with van der Waals surface area (Å²) in [6.07, 6.45) is 1.98. The fourth-order valence-corrected chi connectivity index (χ4v) is 3.38. The van der Waals surface area contributed by atoms with E-state index in [2.05, 4.69) is 19.6 Å². The standard InChI is InChI=1S/C13H20N4O2S.2ClH.H2O/c1-18-9-11-15-10-3-2-8-19-12(10)13(16-11)20-17-6-4-14-5-7-17;;;/h14H,2-9H2,1H3;2*1H;1H2. The number of ether oxygens (including phenoxy) is 2. The van der Waals surface area contributed by atoms with E-state index >= 15 is 0 Å². The van der Waals surface area contributed by atoms with Gasteiger partial charge < -0.3 is 20.3 Å². The van der Waals surface area contributed by atoms with Crippen LogP contribution in [-0.4, -0.2) is 59.6 Å². The lowest BCUT2D eigenvalue weighted by atomic mass is 10.2. The SMILES string of the molecule is COCc1nc2c(c(SN3CCNCC3)n1)OCCC2.Cl.Cl.O. The number of hydrogen-bond donors (Lipinski definition) is 1. The Morgan fingerprint density at radius 3 is 2.70 bits per heavy atom. The molecule has 0 radical (unpaired) electrons. The minimum absolute atomic E-state index is 0. The third kappa shape index (κ3) is 5.90. The predicted octanol–water partition coefficient (Wildman–Crippen LogP) is 0.879. The first kappa shape index (κ1) is 22.6. The Bertz CT molecular complexity index is 479. The highest BCUT2D eigenvalue weighted by Crippen LogP contribution is 2.35. The van der Waals surface area contributed by atoms with Gasteiger partial charge in [0.1, 0.15) is 6.61 Å². The summed E-state index contributed by atoms with van der Waals surface area (Å²) in [4.78, 5) is 9.16. The van der Waals surface area contributed by atoms with E-state index in [-0.39, 0.29) is 30.3 Å². The first-order chi connectivity index (χ1) is 9.86. The van der Waals surface area contributed by atoms with Crippen LogP contribution in [0.25, 0.3) is 0 Å². The van der Waals surface area contributed by atoms with Gasteiger partial charge in [0.15, 0.2) is 16.6 Å². The van der Waals surface area contributed by atoms with Gasteiger partial charge in [0.25, 0.3) is 0 Å². The van der Waals surface area contributed by atoms with E-state index in [1.807, 2.05) is 0 Å². The molecule has 0 saturated carbocycles. The smallest absolute Gasteiger partial charge is 0.174 e. The van der Waals surface area contributed by atoms with E-state index in [4.69, 9.17) is 9.47 Å². The number of hydrogen-bond acceptors (Lipinski definition) is 7. The van der Waals surface area contributed by atoms with Gasteiger partial charge >= 0.3 is 0 Å². The van der Waals surface area contributed by atoms with E-state index < -0.39 is 0 Å². The zero-order chi connectivity index (χ0) is 13.8. The number of methoxy groups -OCH3 is 1. The maximum Gasteiger partial charge on any atom is 0.174 e. The van der Waals surface area contributed by atoms with Crippen molar-refractivity contribution in [3.8, 4) is 5.75 Å². The van der Waals surface area contributed by atoms with Crippen molar-refractivity contribution < 1.29 is 14.9 Å². The molecular weight excluding hydrogens is 363 g/mol. The van der Waals surface area contributed by atoms with Crippen molar-refractivity contribution in [1.29, 1.82) is 0 Å². The molecule has 3 rings (SSSR count). The maximum absolute atomic E-state index is 5.80. The fourth-order valence-electron chi connectivity index (χ4n) is 2.36. The molecule has 1 aromatic heterocycles. The third-order valence-electron chi connectivity index (χ3n) is 3.32. The van der Waals surface area contributed by atoms with Crippen molar-refractivity contribution in [2.45, 2.75) is 24.5 Å². The summed E-state index contributed by atoms with van der Waals surface area (Å²) in [5.41, 5.74) is 1.02. The van der Waals surface area contributed by atoms with Crippen molar-refractivity contribution in [3.05, 3.63) is 11.5 Å². The van der Waals surface area contributed by atoms with Crippen LogP contribution >= 0.6 is 36.8 Å². The van der Waals surface area contributed by atoms with Gasteiger partial charge in [-0.15, -0.1) is 24.8 Å². The molecule has 134 valence electrons. The van der Waals surface area contributed by atoms with Gasteiger partial charge in [-0.1, -0.05) is 0 Å². The van der Waals surface area contributed by atoms with E-state index in [0.717, 1.165) is 67.9 Å². The largest absolute Gasteiger partial charge is 0.489 e. The van der Waals surface area contributed by atoms with Crippen molar-refractivity contribution in [3.63, 3.8) is 0 Å². The van der Waals surface area contributed by atoms with Crippen molar-refractivity contribution in [2.75, 3.05) is 39.9 Å². The Balaban J connectivity index is 0.00000161. The zero-order valence-electron chi connectivity index (χ0n) is 13.0. The summed E-state index contributed by atoms with van der Waals surface area (Å²) in [6, 6.07) is 0. The van der Waals surface area contributed by atoms with Crippen LogP contribution in [0.4, 0.5) is 0 Å². The Morgan fingerprint density at radius 2 is 2.00 bits per heavy atom. The molecule has 1 fully saturated rings. The van der Waals surface area contributed by atoms with Crippen molar-refractivity contribution in [2.24, 2.45) is 0 Å². The molecule has 3 N–H and O–H groups in total. The summed E-state index contributed by atoms with van der Waals surface area (Å²) >= 11 is 1.68. The normalized spacial score (nSPS) is 16.9. The van der Waals surface area contributed by atoms with Gasteiger partial charge in [0.2, 0.25) is 0 Å². The number of rotatable bonds is 4. The molecule has 2 aliphatic heterocycles. The van der Waals surface area contributed by atoms with Crippen LogP contribution in [0, 0.1) is 0 Å². The molecule has 23 heavy (non-hydrogen) atoms. The molecule has 3 heterocycles. The molecule has 0 spiro atoms. The number of piperazine rings is 1. The van der Waals surface area contributed by atoms with E-state index in [1.165, 1.54) is 0 Å². The second kappa shape index (κ2) is 11.2. The summed E-state index contributed by atoms with van der Waals surface area (Å²) in [7, 11) is 1.67. The highest BCUT2D eigenvalue weighted by Gasteiger charge is 2.22. The number of aromatic nitrogens is 2. The molecule has 7 nitrogen and oxygen atoms in total. The summed E-state index contributed by atoms with van der Waals surface area (Å²) in [5.74, 6) is 1.62. The van der Waals surface area contributed by atoms with Gasteiger partial charge in [-0.25, -0.2) is 14.3 Å². The first-order valence-electron chi connectivity index (χ1n) is 7.02. The molecule has 0 aromatic carbocycles. The Hall–Kier alpha value is -0.350. The fraction of sp³-hybridized carbons (Fsp3) is 0.692. The summed E-state index contributed by atoms with van der Waals surface area (Å²) < 4.78 is 13.3. The van der Waals surface area contributed by atoms with Gasteiger partial charge in [-0.3, -0.25) is 0 Å². The topological polar surface area (TPSA) is 91.0 Å². The van der Waals surface area contributed by atoms with Gasteiger partial charge in [0, 0.05) is 33.3 Å². The van der Waals surface area contributed by atoms with Gasteiger partial charge in [-0.05, 0) is 24.8 Å². The van der Waals surface area contributed by atoms with E-state index in [0.29, 0.717) is 6.61 Å². The molecule has 0 bridgehead atoms. The van der Waals surface area contributed by atoms with Gasteiger partial charge in [-0.2, -0.15) is 0 Å². The summed E-state index contributed by atoms with van der Waals surface area (Å²) in [6.45, 7) is 5.28. The lowest BCUT2D eigenvalue weighted by Gasteiger charge is -2.27. The molecule has 2 aliphatic rings. The third-order valence-corrected chi connectivity index (χ3v) is 4.39. The van der Waals surface area contributed by atoms with Crippen LogP contribution < -0.4 is 10.1 Å². The zero-order valence-corrected chi connectivity index (χ0v) is 15.5. The lowest BCUT2D eigenvalue weighted by molar-refractivity contribution is 0.175. The van der Waals surface area contributed by atoms with Crippen LogP contribution in [0.1, 0.15) is 17.9 Å². The number of nitrogens with one attached hydrogen (secondary N) is 1. The van der Waals surface area contributed by atoms with Crippen molar-refractivity contribution in [1.82, 2.24) is 19.6 Å². The van der Waals surface area contributed by atoms with E-state index in [1.54, 1.807) is 19.1 Å². The van der Waals surface area contributed by atoms with Crippen LogP contribution in [0.3, 0.4) is 0 Å². The Kier molecular flexibility index (Phi) is 11.1. The Labute approximate surface area is 153 Å². The molecular formula is C13H24Cl2N4O3S. The number of nitrogens with zero attached hydrogens (tertiary/aromatic N) is 3.